The van der Waals surface area contributed by atoms with Gasteiger partial charge in [0.15, 0.2) is 15.8 Å². The van der Waals surface area contributed by atoms with Gasteiger partial charge in [0.2, 0.25) is 0 Å². The minimum atomic E-state index is -2.83. The van der Waals surface area contributed by atoms with E-state index in [1.54, 1.807) is 0 Å². The topological polar surface area (TPSA) is 66.7 Å². The number of aliphatic imine (C=N–C) groups is 1. The number of aromatic nitrogens is 1. The lowest BCUT2D eigenvalue weighted by Gasteiger charge is -2.23. The molecule has 0 amide bonds. The van der Waals surface area contributed by atoms with E-state index in [9.17, 15) is 8.42 Å². The summed E-state index contributed by atoms with van der Waals surface area (Å²) in [5.41, 5.74) is 1.22. The molecular weight excluding hydrogens is 439 g/mol. The number of hydrogen-bond acceptors (Lipinski definition) is 3. The third-order valence-corrected chi connectivity index (χ3v) is 6.39. The van der Waals surface area contributed by atoms with Gasteiger partial charge in [0.25, 0.3) is 0 Å². The summed E-state index contributed by atoms with van der Waals surface area (Å²) in [6, 6.07) is 4.67. The smallest absolute Gasteiger partial charge is 0.194 e. The van der Waals surface area contributed by atoms with E-state index >= 15 is 0 Å². The molecule has 1 aromatic heterocycles. The Hall–Kier alpha value is -0.770. The number of halogens is 1. The zero-order valence-corrected chi connectivity index (χ0v) is 17.5. The van der Waals surface area contributed by atoms with Crippen molar-refractivity contribution in [2.45, 2.75) is 31.8 Å². The van der Waals surface area contributed by atoms with Crippen LogP contribution >= 0.6 is 24.0 Å². The second-order valence-electron chi connectivity index (χ2n) is 6.82. The maximum atomic E-state index is 11.6. The highest BCUT2D eigenvalue weighted by molar-refractivity contribution is 14.0. The SMILES string of the molecule is CN(Cc1cccn1C)C(=NCC1CCS(=O)(=O)C1)NC1CC1.I. The molecule has 1 aromatic rings. The van der Waals surface area contributed by atoms with Crippen LogP contribution in [0.25, 0.3) is 0 Å². The molecule has 1 aliphatic carbocycles. The molecule has 2 heterocycles. The van der Waals surface area contributed by atoms with E-state index in [0.717, 1.165) is 18.9 Å². The number of aryl methyl sites for hydroxylation is 1. The van der Waals surface area contributed by atoms with Crippen molar-refractivity contribution >= 4 is 39.8 Å². The summed E-state index contributed by atoms with van der Waals surface area (Å²) < 4.78 is 25.3. The maximum absolute atomic E-state index is 11.6. The lowest BCUT2D eigenvalue weighted by Crippen LogP contribution is -2.40. The summed E-state index contributed by atoms with van der Waals surface area (Å²) in [6.07, 6.45) is 5.16. The van der Waals surface area contributed by atoms with Crippen LogP contribution in [0.15, 0.2) is 23.3 Å². The van der Waals surface area contributed by atoms with Gasteiger partial charge in [0.1, 0.15) is 0 Å². The van der Waals surface area contributed by atoms with Gasteiger partial charge in [-0.15, -0.1) is 24.0 Å². The van der Waals surface area contributed by atoms with Gasteiger partial charge >= 0.3 is 0 Å². The van der Waals surface area contributed by atoms with Crippen LogP contribution in [0.2, 0.25) is 0 Å². The summed E-state index contributed by atoms with van der Waals surface area (Å²) in [5.74, 6) is 1.66. The van der Waals surface area contributed by atoms with Crippen LogP contribution in [0.4, 0.5) is 0 Å². The fraction of sp³-hybridized carbons (Fsp3) is 0.688. The Balaban J connectivity index is 0.00000208. The Labute approximate surface area is 161 Å². The van der Waals surface area contributed by atoms with Crippen LogP contribution in [0.5, 0.6) is 0 Å². The summed E-state index contributed by atoms with van der Waals surface area (Å²) in [5, 5.41) is 3.48. The molecule has 0 aromatic carbocycles. The molecule has 1 atom stereocenters. The fourth-order valence-electron chi connectivity index (χ4n) is 2.90. The molecule has 8 heteroatoms. The van der Waals surface area contributed by atoms with E-state index in [0.29, 0.717) is 18.3 Å². The van der Waals surface area contributed by atoms with E-state index in [1.165, 1.54) is 18.5 Å². The lowest BCUT2D eigenvalue weighted by molar-refractivity contribution is 0.456. The highest BCUT2D eigenvalue weighted by Crippen LogP contribution is 2.21. The molecule has 0 bridgehead atoms. The average Bonchev–Trinajstić information content (AvgIpc) is 3.13. The van der Waals surface area contributed by atoms with Crippen molar-refractivity contribution in [1.29, 1.82) is 0 Å². The highest BCUT2D eigenvalue weighted by Gasteiger charge is 2.28. The van der Waals surface area contributed by atoms with E-state index in [1.807, 2.05) is 26.4 Å². The normalized spacial score (nSPS) is 22.9. The predicted octanol–water partition coefficient (Wildman–Crippen LogP) is 1.62. The van der Waals surface area contributed by atoms with Gasteiger partial charge in [0, 0.05) is 38.6 Å². The molecule has 6 nitrogen and oxygen atoms in total. The van der Waals surface area contributed by atoms with Crippen LogP contribution in [-0.2, 0) is 23.4 Å². The van der Waals surface area contributed by atoms with Crippen LogP contribution < -0.4 is 5.32 Å². The first-order valence-corrected chi connectivity index (χ1v) is 10.1. The van der Waals surface area contributed by atoms with E-state index < -0.39 is 9.84 Å². The van der Waals surface area contributed by atoms with Gasteiger partial charge in [-0.2, -0.15) is 0 Å². The molecule has 1 saturated heterocycles. The first-order valence-electron chi connectivity index (χ1n) is 8.26. The molecule has 1 saturated carbocycles. The summed E-state index contributed by atoms with van der Waals surface area (Å²) in [7, 11) is 1.25. The average molecular weight is 466 g/mol. The largest absolute Gasteiger partial charge is 0.354 e. The Bertz CT molecular complexity index is 682. The maximum Gasteiger partial charge on any atom is 0.194 e. The molecule has 2 fully saturated rings. The van der Waals surface area contributed by atoms with Crippen LogP contribution in [-0.4, -0.2) is 55.0 Å². The second kappa shape index (κ2) is 8.07. The number of nitrogens with zero attached hydrogens (tertiary/aromatic N) is 3. The number of guanidine groups is 1. The first-order chi connectivity index (χ1) is 10.9. The molecular formula is C16H27IN4O2S. The van der Waals surface area contributed by atoms with E-state index in [4.69, 9.17) is 4.99 Å². The minimum Gasteiger partial charge on any atom is -0.354 e. The summed E-state index contributed by atoms with van der Waals surface area (Å²) in [6.45, 7) is 1.37. The molecule has 136 valence electrons. The van der Waals surface area contributed by atoms with Crippen molar-refractivity contribution in [2.75, 3.05) is 25.1 Å². The zero-order chi connectivity index (χ0) is 16.4. The quantitative estimate of drug-likeness (QED) is 0.407. The van der Waals surface area contributed by atoms with Gasteiger partial charge in [0.05, 0.1) is 18.1 Å². The number of hydrogen-bond donors (Lipinski definition) is 1. The monoisotopic (exact) mass is 466 g/mol. The molecule has 1 unspecified atom stereocenters. The Morgan fingerprint density at radius 1 is 1.42 bits per heavy atom. The van der Waals surface area contributed by atoms with Crippen molar-refractivity contribution in [3.05, 3.63) is 24.0 Å². The van der Waals surface area contributed by atoms with Gasteiger partial charge in [-0.25, -0.2) is 8.42 Å². The van der Waals surface area contributed by atoms with E-state index in [-0.39, 0.29) is 35.6 Å². The van der Waals surface area contributed by atoms with Crippen LogP contribution in [0.3, 0.4) is 0 Å². The third kappa shape index (κ3) is 5.37. The Morgan fingerprint density at radius 3 is 2.71 bits per heavy atom. The minimum absolute atomic E-state index is 0. The molecule has 0 radical (unpaired) electrons. The van der Waals surface area contributed by atoms with Crippen molar-refractivity contribution in [1.82, 2.24) is 14.8 Å². The summed E-state index contributed by atoms with van der Waals surface area (Å²) in [4.78, 5) is 6.84. The number of sulfone groups is 1. The van der Waals surface area contributed by atoms with Gasteiger partial charge in [-0.1, -0.05) is 0 Å². The number of rotatable bonds is 5. The fourth-order valence-corrected chi connectivity index (χ4v) is 4.75. The van der Waals surface area contributed by atoms with Gasteiger partial charge in [-0.3, -0.25) is 4.99 Å². The third-order valence-electron chi connectivity index (χ3n) is 4.55. The standard InChI is InChI=1S/C16H26N4O2S.HI/c1-19-8-3-4-15(19)11-20(2)16(18-14-5-6-14)17-10-13-7-9-23(21,22)12-13;/h3-4,8,13-14H,5-7,9-12H2,1-2H3,(H,17,18);1H. The van der Waals surface area contributed by atoms with Crippen molar-refractivity contribution in [2.24, 2.45) is 18.0 Å². The van der Waals surface area contributed by atoms with Crippen LogP contribution in [0, 0.1) is 5.92 Å². The molecule has 3 rings (SSSR count). The van der Waals surface area contributed by atoms with Crippen molar-refractivity contribution in [3.8, 4) is 0 Å². The van der Waals surface area contributed by atoms with Crippen molar-refractivity contribution in [3.63, 3.8) is 0 Å². The molecule has 24 heavy (non-hydrogen) atoms. The number of nitrogens with one attached hydrogen (secondary N) is 1. The molecule has 0 spiro atoms. The second-order valence-corrected chi connectivity index (χ2v) is 9.05. The first kappa shape index (κ1) is 19.6. The van der Waals surface area contributed by atoms with Crippen LogP contribution in [0.1, 0.15) is 25.0 Å². The molecule has 1 N–H and O–H groups in total. The molecule has 1 aliphatic heterocycles. The predicted molar refractivity (Wildman–Crippen MR) is 108 cm³/mol. The van der Waals surface area contributed by atoms with E-state index in [2.05, 4.69) is 20.9 Å². The lowest BCUT2D eigenvalue weighted by atomic mass is 10.1. The zero-order valence-electron chi connectivity index (χ0n) is 14.3. The Morgan fingerprint density at radius 2 is 2.17 bits per heavy atom. The summed E-state index contributed by atoms with van der Waals surface area (Å²) >= 11 is 0. The van der Waals surface area contributed by atoms with Gasteiger partial charge < -0.3 is 14.8 Å². The Kier molecular flexibility index (Phi) is 6.58. The molecule has 2 aliphatic rings. The van der Waals surface area contributed by atoms with Crippen molar-refractivity contribution < 1.29 is 8.42 Å². The highest BCUT2D eigenvalue weighted by atomic mass is 127. The van der Waals surface area contributed by atoms with Gasteiger partial charge in [-0.05, 0) is 37.3 Å².